The summed E-state index contributed by atoms with van der Waals surface area (Å²) >= 11 is 0. The van der Waals surface area contributed by atoms with Crippen LogP contribution in [0.5, 0.6) is 0 Å². The second-order valence-electron chi connectivity index (χ2n) is 5.61. The highest BCUT2D eigenvalue weighted by Gasteiger charge is 2.44. The summed E-state index contributed by atoms with van der Waals surface area (Å²) in [5, 5.41) is 0. The van der Waals surface area contributed by atoms with Crippen LogP contribution in [0.25, 0.3) is 0 Å². The molecule has 0 amide bonds. The van der Waals surface area contributed by atoms with Crippen molar-refractivity contribution in [2.75, 3.05) is 13.2 Å². The van der Waals surface area contributed by atoms with Crippen molar-refractivity contribution in [1.82, 2.24) is 4.90 Å². The highest BCUT2D eigenvalue weighted by atomic mass is 16.5. The van der Waals surface area contributed by atoms with Gasteiger partial charge in [-0.15, -0.1) is 0 Å². The summed E-state index contributed by atoms with van der Waals surface area (Å²) in [6.07, 6.45) is 5.83. The van der Waals surface area contributed by atoms with E-state index in [1.54, 1.807) is 0 Å². The van der Waals surface area contributed by atoms with Gasteiger partial charge in [-0.2, -0.15) is 0 Å². The molecule has 0 N–H and O–H groups in total. The molecule has 0 aromatic rings. The molecular formula is C13H21NO2. The van der Waals surface area contributed by atoms with Gasteiger partial charge in [0, 0.05) is 38.1 Å². The average Bonchev–Trinajstić information content (AvgIpc) is 2.98. The molecule has 1 aliphatic carbocycles. The Bertz CT molecular complexity index is 288. The molecule has 0 aromatic heterocycles. The van der Waals surface area contributed by atoms with E-state index in [-0.39, 0.29) is 0 Å². The quantitative estimate of drug-likeness (QED) is 0.712. The molecule has 0 spiro atoms. The van der Waals surface area contributed by atoms with E-state index in [2.05, 4.69) is 11.8 Å². The van der Waals surface area contributed by atoms with Gasteiger partial charge in [-0.1, -0.05) is 0 Å². The molecule has 3 atom stereocenters. The lowest BCUT2D eigenvalue weighted by Crippen LogP contribution is -2.50. The number of ether oxygens (including phenoxy) is 1. The first kappa shape index (κ1) is 10.7. The van der Waals surface area contributed by atoms with Gasteiger partial charge in [0.25, 0.3) is 0 Å². The van der Waals surface area contributed by atoms with Crippen LogP contribution in [0.4, 0.5) is 0 Å². The number of hydrogen-bond acceptors (Lipinski definition) is 3. The number of likely N-dealkylation sites (tertiary alicyclic amines) is 1. The second-order valence-corrected chi connectivity index (χ2v) is 5.61. The van der Waals surface area contributed by atoms with Crippen molar-refractivity contribution in [2.24, 2.45) is 5.92 Å². The molecule has 3 aliphatic rings. The minimum Gasteiger partial charge on any atom is -0.376 e. The fraction of sp³-hybridized carbons (Fsp3) is 0.923. The Kier molecular flexibility index (Phi) is 2.76. The number of carbonyl (C=O) groups excluding carboxylic acids is 1. The molecule has 2 aliphatic heterocycles. The van der Waals surface area contributed by atoms with Gasteiger partial charge in [-0.25, -0.2) is 0 Å². The van der Waals surface area contributed by atoms with E-state index in [4.69, 9.17) is 4.74 Å². The topological polar surface area (TPSA) is 29.5 Å². The van der Waals surface area contributed by atoms with Crippen molar-refractivity contribution in [3.05, 3.63) is 0 Å². The number of ketones is 1. The largest absolute Gasteiger partial charge is 0.376 e. The lowest BCUT2D eigenvalue weighted by molar-refractivity contribution is -0.124. The van der Waals surface area contributed by atoms with Crippen molar-refractivity contribution in [1.29, 1.82) is 0 Å². The zero-order valence-corrected chi connectivity index (χ0v) is 10.0. The third kappa shape index (κ3) is 1.91. The number of piperidine rings is 1. The highest BCUT2D eigenvalue weighted by Crippen LogP contribution is 2.41. The maximum Gasteiger partial charge on any atom is 0.135 e. The number of rotatable bonds is 2. The van der Waals surface area contributed by atoms with Gasteiger partial charge in [0.2, 0.25) is 0 Å². The van der Waals surface area contributed by atoms with Gasteiger partial charge < -0.3 is 4.74 Å². The van der Waals surface area contributed by atoms with Gasteiger partial charge in [-0.05, 0) is 32.1 Å². The third-order valence-corrected chi connectivity index (χ3v) is 4.35. The van der Waals surface area contributed by atoms with Crippen LogP contribution in [0.2, 0.25) is 0 Å². The van der Waals surface area contributed by atoms with Crippen molar-refractivity contribution < 1.29 is 9.53 Å². The van der Waals surface area contributed by atoms with Gasteiger partial charge >= 0.3 is 0 Å². The van der Waals surface area contributed by atoms with Crippen molar-refractivity contribution in [3.63, 3.8) is 0 Å². The van der Waals surface area contributed by atoms with E-state index >= 15 is 0 Å². The molecule has 3 heteroatoms. The van der Waals surface area contributed by atoms with Gasteiger partial charge in [0.1, 0.15) is 5.78 Å². The lowest BCUT2D eigenvalue weighted by Gasteiger charge is -2.39. The zero-order chi connectivity index (χ0) is 11.1. The third-order valence-electron chi connectivity index (χ3n) is 4.35. The van der Waals surface area contributed by atoms with E-state index in [1.807, 2.05) is 0 Å². The minimum atomic E-state index is 0.425. The summed E-state index contributed by atoms with van der Waals surface area (Å²) in [5.74, 6) is 1.25. The van der Waals surface area contributed by atoms with Crippen LogP contribution >= 0.6 is 0 Å². The Morgan fingerprint density at radius 1 is 1.31 bits per heavy atom. The van der Waals surface area contributed by atoms with E-state index in [0.29, 0.717) is 24.0 Å². The lowest BCUT2D eigenvalue weighted by atomic mass is 9.96. The summed E-state index contributed by atoms with van der Waals surface area (Å²) in [6.45, 7) is 4.07. The molecule has 16 heavy (non-hydrogen) atoms. The maximum atomic E-state index is 11.4. The average molecular weight is 223 g/mol. The first-order chi connectivity index (χ1) is 7.75. The molecule has 2 saturated heterocycles. The fourth-order valence-corrected chi connectivity index (χ4v) is 3.35. The number of hydrogen-bond donors (Lipinski definition) is 0. The van der Waals surface area contributed by atoms with Crippen molar-refractivity contribution in [2.45, 2.75) is 57.2 Å². The molecule has 0 radical (unpaired) electrons. The summed E-state index contributed by atoms with van der Waals surface area (Å²) in [7, 11) is 0. The molecular weight excluding hydrogens is 202 g/mol. The van der Waals surface area contributed by atoms with Crippen LogP contribution in [0, 0.1) is 5.92 Å². The Balaban J connectivity index is 1.68. The Hall–Kier alpha value is -0.410. The molecule has 90 valence electrons. The van der Waals surface area contributed by atoms with Crippen LogP contribution in [0.15, 0.2) is 0 Å². The Labute approximate surface area is 97.1 Å². The summed E-state index contributed by atoms with van der Waals surface area (Å²) < 4.78 is 5.89. The smallest absolute Gasteiger partial charge is 0.135 e. The highest BCUT2D eigenvalue weighted by molar-refractivity contribution is 5.79. The molecule has 0 aromatic carbocycles. The Morgan fingerprint density at radius 3 is 2.81 bits per heavy atom. The molecule has 0 bridgehead atoms. The molecule has 3 rings (SSSR count). The predicted octanol–water partition coefficient (Wildman–Crippen LogP) is 1.61. The number of carbonyl (C=O) groups is 1. The van der Waals surface area contributed by atoms with Crippen LogP contribution < -0.4 is 0 Å². The first-order valence-electron chi connectivity index (χ1n) is 6.65. The normalized spacial score (nSPS) is 41.6. The monoisotopic (exact) mass is 223 g/mol. The fourth-order valence-electron chi connectivity index (χ4n) is 3.35. The molecule has 3 unspecified atom stereocenters. The van der Waals surface area contributed by atoms with Gasteiger partial charge in [0.05, 0.1) is 6.10 Å². The summed E-state index contributed by atoms with van der Waals surface area (Å²) in [4.78, 5) is 13.9. The van der Waals surface area contributed by atoms with E-state index < -0.39 is 0 Å². The van der Waals surface area contributed by atoms with Gasteiger partial charge in [-0.3, -0.25) is 9.69 Å². The van der Waals surface area contributed by atoms with Crippen molar-refractivity contribution >= 4 is 5.78 Å². The molecule has 3 fully saturated rings. The maximum absolute atomic E-state index is 11.4. The number of nitrogens with zero attached hydrogens (tertiary/aromatic N) is 1. The predicted molar refractivity (Wildman–Crippen MR) is 61.3 cm³/mol. The zero-order valence-electron chi connectivity index (χ0n) is 10.0. The van der Waals surface area contributed by atoms with Crippen molar-refractivity contribution in [3.8, 4) is 0 Å². The molecule has 1 saturated carbocycles. The summed E-state index contributed by atoms with van der Waals surface area (Å²) in [5.41, 5.74) is 0. The Morgan fingerprint density at radius 2 is 2.12 bits per heavy atom. The van der Waals surface area contributed by atoms with E-state index in [9.17, 15) is 4.79 Å². The van der Waals surface area contributed by atoms with Crippen LogP contribution in [-0.4, -0.2) is 42.0 Å². The van der Waals surface area contributed by atoms with Crippen LogP contribution in [0.1, 0.15) is 39.0 Å². The molecule has 2 heterocycles. The molecule has 3 nitrogen and oxygen atoms in total. The standard InChI is InChI=1S/C13H21NO2/c1-9-8-11(15)4-6-14(9)12-5-7-16-13(12)10-2-3-10/h9-10,12-13H,2-8H2,1H3. The van der Waals surface area contributed by atoms with E-state index in [1.165, 1.54) is 19.3 Å². The van der Waals surface area contributed by atoms with Gasteiger partial charge in [0.15, 0.2) is 0 Å². The van der Waals surface area contributed by atoms with Crippen LogP contribution in [0.3, 0.4) is 0 Å². The van der Waals surface area contributed by atoms with E-state index in [0.717, 1.165) is 31.9 Å². The number of Topliss-reactive ketones (excluding diaryl/α,β-unsaturated/α-hetero) is 1. The van der Waals surface area contributed by atoms with Crippen LogP contribution in [-0.2, 0) is 9.53 Å². The minimum absolute atomic E-state index is 0.425. The second kappa shape index (κ2) is 4.11. The first-order valence-corrected chi connectivity index (χ1v) is 6.65. The summed E-state index contributed by atoms with van der Waals surface area (Å²) in [6, 6.07) is 1.02. The SMILES string of the molecule is CC1CC(=O)CCN1C1CCOC1C1CC1.